The maximum atomic E-state index is 12.7. The van der Waals surface area contributed by atoms with E-state index in [1.807, 2.05) is 23.1 Å². The molecule has 3 rings (SSSR count). The van der Waals surface area contributed by atoms with Crippen LogP contribution in [0.2, 0.25) is 0 Å². The van der Waals surface area contributed by atoms with Crippen LogP contribution in [-0.2, 0) is 4.74 Å². The number of methoxy groups -OCH3 is 1. The predicted octanol–water partition coefficient (Wildman–Crippen LogP) is 2.17. The first-order valence-electron chi connectivity index (χ1n) is 7.57. The van der Waals surface area contributed by atoms with Crippen molar-refractivity contribution < 1.29 is 9.53 Å². The molecule has 2 aliphatic rings. The molecule has 114 valence electrons. The topological polar surface area (TPSA) is 53.6 Å². The Morgan fingerprint density at radius 3 is 2.81 bits per heavy atom. The molecule has 2 aliphatic heterocycles. The molecule has 1 aromatic carbocycles. The van der Waals surface area contributed by atoms with Crippen LogP contribution in [0.1, 0.15) is 30.1 Å². The van der Waals surface area contributed by atoms with Crippen molar-refractivity contribution in [1.29, 1.82) is 0 Å². The van der Waals surface area contributed by atoms with Crippen molar-refractivity contribution in [3.05, 3.63) is 23.8 Å². The normalized spacial score (nSPS) is 24.8. The average Bonchev–Trinajstić information content (AvgIpc) is 2.54. The number of benzene rings is 1. The summed E-state index contributed by atoms with van der Waals surface area (Å²) in [6.07, 6.45) is 1.99. The monoisotopic (exact) mass is 289 g/mol. The van der Waals surface area contributed by atoms with Gasteiger partial charge in [0.05, 0.1) is 17.0 Å². The van der Waals surface area contributed by atoms with Crippen LogP contribution in [0.5, 0.6) is 0 Å². The molecule has 0 radical (unpaired) electrons. The highest BCUT2D eigenvalue weighted by Gasteiger charge is 2.33. The number of carbonyl (C=O) groups is 1. The van der Waals surface area contributed by atoms with E-state index < -0.39 is 0 Å². The van der Waals surface area contributed by atoms with Crippen LogP contribution in [0.4, 0.5) is 11.4 Å². The maximum absolute atomic E-state index is 12.7. The highest BCUT2D eigenvalue weighted by molar-refractivity contribution is 5.96. The van der Waals surface area contributed by atoms with Crippen molar-refractivity contribution in [2.75, 3.05) is 43.9 Å². The standard InChI is InChI=1S/C16H23N3O2/c1-16(21-2)6-3-9-19(11-16)15(20)12-4-5-13-14(10-12)18-8-7-17-13/h4-5,10,17-18H,3,6-9,11H2,1-2H3. The van der Waals surface area contributed by atoms with E-state index in [-0.39, 0.29) is 11.5 Å². The van der Waals surface area contributed by atoms with Gasteiger partial charge in [-0.05, 0) is 38.0 Å². The number of carbonyl (C=O) groups excluding carboxylic acids is 1. The predicted molar refractivity (Wildman–Crippen MR) is 84.0 cm³/mol. The molecule has 1 unspecified atom stereocenters. The summed E-state index contributed by atoms with van der Waals surface area (Å²) in [4.78, 5) is 14.6. The Morgan fingerprint density at radius 2 is 2.05 bits per heavy atom. The van der Waals surface area contributed by atoms with Gasteiger partial charge >= 0.3 is 0 Å². The number of ether oxygens (including phenoxy) is 1. The van der Waals surface area contributed by atoms with Gasteiger partial charge in [-0.2, -0.15) is 0 Å². The summed E-state index contributed by atoms with van der Waals surface area (Å²) < 4.78 is 5.57. The van der Waals surface area contributed by atoms with Crippen LogP contribution in [0.25, 0.3) is 0 Å². The number of hydrogen-bond donors (Lipinski definition) is 2. The Balaban J connectivity index is 1.78. The summed E-state index contributed by atoms with van der Waals surface area (Å²) in [5.74, 6) is 0.0909. The Bertz CT molecular complexity index is 546. The SMILES string of the molecule is COC1(C)CCCN(C(=O)c2ccc3c(c2)NCCN3)C1. The second-order valence-electron chi connectivity index (χ2n) is 6.10. The van der Waals surface area contributed by atoms with Crippen LogP contribution in [-0.4, -0.2) is 49.7 Å². The summed E-state index contributed by atoms with van der Waals surface area (Å²) in [6.45, 7) is 5.34. The lowest BCUT2D eigenvalue weighted by Crippen LogP contribution is -2.49. The molecular formula is C16H23N3O2. The highest BCUT2D eigenvalue weighted by Crippen LogP contribution is 2.28. The van der Waals surface area contributed by atoms with Gasteiger partial charge in [0.25, 0.3) is 5.91 Å². The van der Waals surface area contributed by atoms with E-state index in [9.17, 15) is 4.79 Å². The van der Waals surface area contributed by atoms with Crippen LogP contribution in [0.3, 0.4) is 0 Å². The summed E-state index contributed by atoms with van der Waals surface area (Å²) in [7, 11) is 1.72. The lowest BCUT2D eigenvalue weighted by molar-refractivity contribution is -0.0440. The van der Waals surface area contributed by atoms with Crippen molar-refractivity contribution in [3.63, 3.8) is 0 Å². The molecule has 5 nitrogen and oxygen atoms in total. The Hall–Kier alpha value is -1.75. The summed E-state index contributed by atoms with van der Waals surface area (Å²) >= 11 is 0. The molecule has 2 N–H and O–H groups in total. The van der Waals surface area contributed by atoms with E-state index in [2.05, 4.69) is 17.6 Å². The zero-order valence-corrected chi connectivity index (χ0v) is 12.7. The summed E-state index contributed by atoms with van der Waals surface area (Å²) in [5.41, 5.74) is 2.60. The molecule has 0 saturated carbocycles. The molecule has 0 aromatic heterocycles. The van der Waals surface area contributed by atoms with Crippen molar-refractivity contribution in [2.24, 2.45) is 0 Å². The average molecular weight is 289 g/mol. The number of amides is 1. The molecule has 2 heterocycles. The van der Waals surface area contributed by atoms with Gasteiger partial charge in [0.1, 0.15) is 0 Å². The van der Waals surface area contributed by atoms with E-state index in [1.165, 1.54) is 0 Å². The molecule has 5 heteroatoms. The summed E-state index contributed by atoms with van der Waals surface area (Å²) in [5, 5.41) is 6.65. The van der Waals surface area contributed by atoms with Crippen LogP contribution < -0.4 is 10.6 Å². The Kier molecular flexibility index (Phi) is 3.76. The number of nitrogens with zero attached hydrogens (tertiary/aromatic N) is 1. The largest absolute Gasteiger partial charge is 0.382 e. The lowest BCUT2D eigenvalue weighted by Gasteiger charge is -2.39. The van der Waals surface area contributed by atoms with E-state index >= 15 is 0 Å². The van der Waals surface area contributed by atoms with Gasteiger partial charge in [0, 0.05) is 38.9 Å². The third-order valence-corrected chi connectivity index (χ3v) is 4.46. The first-order chi connectivity index (χ1) is 10.1. The van der Waals surface area contributed by atoms with Gasteiger partial charge < -0.3 is 20.3 Å². The van der Waals surface area contributed by atoms with Gasteiger partial charge in [0.15, 0.2) is 0 Å². The minimum Gasteiger partial charge on any atom is -0.382 e. The number of anilines is 2. The molecule has 0 aliphatic carbocycles. The van der Waals surface area contributed by atoms with E-state index in [4.69, 9.17) is 4.74 Å². The third-order valence-electron chi connectivity index (χ3n) is 4.46. The van der Waals surface area contributed by atoms with Crippen LogP contribution in [0.15, 0.2) is 18.2 Å². The molecule has 1 saturated heterocycles. The quantitative estimate of drug-likeness (QED) is 0.876. The first-order valence-corrected chi connectivity index (χ1v) is 7.57. The van der Waals surface area contributed by atoms with Crippen molar-refractivity contribution >= 4 is 17.3 Å². The fourth-order valence-corrected chi connectivity index (χ4v) is 3.10. The molecule has 21 heavy (non-hydrogen) atoms. The lowest BCUT2D eigenvalue weighted by atomic mass is 9.94. The van der Waals surface area contributed by atoms with E-state index in [0.717, 1.165) is 49.4 Å². The molecule has 1 fully saturated rings. The number of fused-ring (bicyclic) bond motifs is 1. The highest BCUT2D eigenvalue weighted by atomic mass is 16.5. The van der Waals surface area contributed by atoms with E-state index in [1.54, 1.807) is 7.11 Å². The van der Waals surface area contributed by atoms with Crippen LogP contribution >= 0.6 is 0 Å². The molecule has 0 bridgehead atoms. The Labute approximate surface area is 125 Å². The van der Waals surface area contributed by atoms with Crippen molar-refractivity contribution in [3.8, 4) is 0 Å². The van der Waals surface area contributed by atoms with Gasteiger partial charge in [-0.3, -0.25) is 4.79 Å². The first kappa shape index (κ1) is 14.2. The van der Waals surface area contributed by atoms with Crippen LogP contribution in [0, 0.1) is 0 Å². The molecule has 0 spiro atoms. The fraction of sp³-hybridized carbons (Fsp3) is 0.562. The fourth-order valence-electron chi connectivity index (χ4n) is 3.10. The second kappa shape index (κ2) is 5.56. The molecular weight excluding hydrogens is 266 g/mol. The molecule has 1 aromatic rings. The minimum absolute atomic E-state index is 0.0909. The molecule has 1 amide bonds. The zero-order chi connectivity index (χ0) is 14.9. The van der Waals surface area contributed by atoms with Gasteiger partial charge in [-0.15, -0.1) is 0 Å². The minimum atomic E-state index is -0.220. The van der Waals surface area contributed by atoms with E-state index in [0.29, 0.717) is 6.54 Å². The number of hydrogen-bond acceptors (Lipinski definition) is 4. The third kappa shape index (κ3) is 2.83. The maximum Gasteiger partial charge on any atom is 0.254 e. The zero-order valence-electron chi connectivity index (χ0n) is 12.7. The van der Waals surface area contributed by atoms with Gasteiger partial charge in [-0.1, -0.05) is 0 Å². The Morgan fingerprint density at radius 1 is 1.29 bits per heavy atom. The van der Waals surface area contributed by atoms with Crippen molar-refractivity contribution in [1.82, 2.24) is 4.90 Å². The second-order valence-corrected chi connectivity index (χ2v) is 6.10. The van der Waals surface area contributed by atoms with Crippen molar-refractivity contribution in [2.45, 2.75) is 25.4 Å². The smallest absolute Gasteiger partial charge is 0.254 e. The number of likely N-dealkylation sites (tertiary alicyclic amines) is 1. The molecule has 1 atom stereocenters. The number of rotatable bonds is 2. The number of nitrogens with one attached hydrogen (secondary N) is 2. The van der Waals surface area contributed by atoms with Gasteiger partial charge in [0.2, 0.25) is 0 Å². The summed E-state index contributed by atoms with van der Waals surface area (Å²) in [6, 6.07) is 5.83. The van der Waals surface area contributed by atoms with Gasteiger partial charge in [-0.25, -0.2) is 0 Å². The number of piperidine rings is 1.